The lowest BCUT2D eigenvalue weighted by Gasteiger charge is -2.41. The lowest BCUT2D eigenvalue weighted by Crippen LogP contribution is -2.52. The van der Waals surface area contributed by atoms with Crippen LogP contribution < -0.4 is 10.1 Å². The number of aromatic nitrogens is 2. The topological polar surface area (TPSA) is 161 Å². The quantitative estimate of drug-likeness (QED) is 0.288. The summed E-state index contributed by atoms with van der Waals surface area (Å²) in [5.41, 5.74) is 5.30. The van der Waals surface area contributed by atoms with Crippen molar-refractivity contribution in [3.05, 3.63) is 53.1 Å². The standard InChI is InChI=1S/C39H51N7O7/c1-25-21-26(22-32-35(25)42-37(40-32)52-2)23-33(36(49)44-16-9-28(10-17-44)27-7-14-43(15-8-27)24-34(47)48)53-39(51)45-18-12-30(13-19-45)46-20-11-29-5-3-4-6-31(29)41-38(46)50/h3-6,21-22,27-28,30,33H,7-20,23-24H2,1-2H3,(H,40,42)(H,41,50)(H,47,48)/t33-/m1/s1. The number of nitrogens with one attached hydrogen (secondary N) is 2. The summed E-state index contributed by atoms with van der Waals surface area (Å²) in [7, 11) is 1.55. The predicted molar refractivity (Wildman–Crippen MR) is 198 cm³/mol. The maximum absolute atomic E-state index is 14.2. The number of fused-ring (bicyclic) bond motifs is 2. The highest BCUT2D eigenvalue weighted by Gasteiger charge is 2.37. The third-order valence-electron chi connectivity index (χ3n) is 11.8. The normalized spacial score (nSPS) is 20.1. The number of methoxy groups -OCH3 is 1. The van der Waals surface area contributed by atoms with Crippen molar-refractivity contribution >= 4 is 40.7 Å². The third kappa shape index (κ3) is 8.37. The van der Waals surface area contributed by atoms with E-state index in [1.165, 1.54) is 0 Å². The van der Waals surface area contributed by atoms with Gasteiger partial charge in [0.15, 0.2) is 6.10 Å². The maximum Gasteiger partial charge on any atom is 0.410 e. The molecule has 14 nitrogen and oxygen atoms in total. The number of anilines is 1. The van der Waals surface area contributed by atoms with Crippen LogP contribution in [0.4, 0.5) is 15.3 Å². The van der Waals surface area contributed by atoms with E-state index in [1.807, 2.05) is 58.0 Å². The summed E-state index contributed by atoms with van der Waals surface area (Å²) >= 11 is 0. The number of carboxylic acids is 1. The Labute approximate surface area is 309 Å². The van der Waals surface area contributed by atoms with Gasteiger partial charge in [-0.1, -0.05) is 24.3 Å². The zero-order chi connectivity index (χ0) is 37.1. The van der Waals surface area contributed by atoms with Gasteiger partial charge in [-0.15, -0.1) is 0 Å². The molecule has 14 heteroatoms. The molecule has 4 amide bonds. The number of rotatable bonds is 9. The maximum atomic E-state index is 14.2. The van der Waals surface area contributed by atoms with Crippen LogP contribution in [0.2, 0.25) is 0 Å². The average molecular weight is 730 g/mol. The number of aromatic amines is 1. The molecule has 284 valence electrons. The van der Waals surface area contributed by atoms with Gasteiger partial charge in [-0.25, -0.2) is 9.59 Å². The fourth-order valence-corrected chi connectivity index (χ4v) is 8.81. The predicted octanol–water partition coefficient (Wildman–Crippen LogP) is 4.52. The Kier molecular flexibility index (Phi) is 11.0. The van der Waals surface area contributed by atoms with Crippen molar-refractivity contribution in [2.75, 3.05) is 64.8 Å². The monoisotopic (exact) mass is 729 g/mol. The number of H-pyrrole nitrogens is 1. The molecule has 0 saturated carbocycles. The summed E-state index contributed by atoms with van der Waals surface area (Å²) in [5.74, 6) is 0.0199. The summed E-state index contributed by atoms with van der Waals surface area (Å²) in [6.45, 7) is 6.27. The molecule has 0 aliphatic carbocycles. The molecule has 3 aromatic rings. The van der Waals surface area contributed by atoms with Crippen LogP contribution >= 0.6 is 0 Å². The lowest BCUT2D eigenvalue weighted by molar-refractivity contribution is -0.142. The fraction of sp³-hybridized carbons (Fsp3) is 0.564. The first-order valence-electron chi connectivity index (χ1n) is 19.0. The Bertz CT molecular complexity index is 1810. The van der Waals surface area contributed by atoms with Gasteiger partial charge < -0.3 is 39.6 Å². The van der Waals surface area contributed by atoms with Gasteiger partial charge in [-0.2, -0.15) is 4.98 Å². The van der Waals surface area contributed by atoms with E-state index in [0.717, 1.165) is 78.6 Å². The Hall–Kier alpha value is -4.85. The van der Waals surface area contributed by atoms with Gasteiger partial charge in [0.25, 0.3) is 11.9 Å². The van der Waals surface area contributed by atoms with E-state index in [-0.39, 0.29) is 30.9 Å². The molecule has 1 aromatic heterocycles. The second-order valence-corrected chi connectivity index (χ2v) is 15.1. The van der Waals surface area contributed by atoms with E-state index < -0.39 is 18.2 Å². The van der Waals surface area contributed by atoms with Gasteiger partial charge in [0.2, 0.25) is 0 Å². The number of nitrogens with zero attached hydrogens (tertiary/aromatic N) is 5. The zero-order valence-electron chi connectivity index (χ0n) is 30.7. The number of carbonyl (C=O) groups is 4. The van der Waals surface area contributed by atoms with E-state index in [0.29, 0.717) is 63.4 Å². The highest BCUT2D eigenvalue weighted by molar-refractivity contribution is 5.91. The highest BCUT2D eigenvalue weighted by Crippen LogP contribution is 2.33. The van der Waals surface area contributed by atoms with Crippen molar-refractivity contribution in [3.63, 3.8) is 0 Å². The van der Waals surface area contributed by atoms with Gasteiger partial charge in [-0.3, -0.25) is 14.5 Å². The van der Waals surface area contributed by atoms with Crippen LogP contribution in [0, 0.1) is 18.8 Å². The van der Waals surface area contributed by atoms with Crippen LogP contribution in [0.25, 0.3) is 11.0 Å². The minimum Gasteiger partial charge on any atom is -0.480 e. The first kappa shape index (κ1) is 36.5. The molecule has 3 saturated heterocycles. The summed E-state index contributed by atoms with van der Waals surface area (Å²) in [5, 5.41) is 12.2. The van der Waals surface area contributed by atoms with Gasteiger partial charge in [0.1, 0.15) is 0 Å². The van der Waals surface area contributed by atoms with Crippen molar-refractivity contribution in [2.24, 2.45) is 11.8 Å². The lowest BCUT2D eigenvalue weighted by atomic mass is 9.78. The molecular weight excluding hydrogens is 678 g/mol. The number of hydrogen-bond acceptors (Lipinski definition) is 8. The van der Waals surface area contributed by atoms with Crippen molar-refractivity contribution in [3.8, 4) is 6.01 Å². The number of amides is 4. The van der Waals surface area contributed by atoms with Crippen LogP contribution in [0.1, 0.15) is 55.2 Å². The first-order chi connectivity index (χ1) is 25.6. The average Bonchev–Trinajstić information content (AvgIpc) is 3.51. The molecule has 4 aliphatic heterocycles. The molecule has 4 aliphatic rings. The molecule has 0 unspecified atom stereocenters. The minimum absolute atomic E-state index is 0.00223. The zero-order valence-corrected chi connectivity index (χ0v) is 30.7. The van der Waals surface area contributed by atoms with Crippen LogP contribution in [0.3, 0.4) is 0 Å². The van der Waals surface area contributed by atoms with E-state index in [1.54, 1.807) is 12.0 Å². The molecule has 1 atom stereocenters. The smallest absolute Gasteiger partial charge is 0.410 e. The fourth-order valence-electron chi connectivity index (χ4n) is 8.81. The van der Waals surface area contributed by atoms with Crippen molar-refractivity contribution in [1.82, 2.24) is 29.6 Å². The number of hydrogen-bond donors (Lipinski definition) is 3. The Morgan fingerprint density at radius 1 is 0.925 bits per heavy atom. The van der Waals surface area contributed by atoms with Crippen LogP contribution in [0.15, 0.2) is 36.4 Å². The number of urea groups is 1. The molecule has 5 heterocycles. The molecule has 2 aromatic carbocycles. The molecule has 53 heavy (non-hydrogen) atoms. The van der Waals surface area contributed by atoms with E-state index in [2.05, 4.69) is 15.3 Å². The SMILES string of the molecule is COc1nc2c(C)cc(C[C@@H](OC(=O)N3CCC(N4CCc5ccccc5NC4=O)CC3)C(=O)N3CCC(C4CCN(CC(=O)O)CC4)CC3)cc2[nH]1. The number of carboxylic acid groups (broad SMARTS) is 1. The first-order valence-corrected chi connectivity index (χ1v) is 19.0. The number of likely N-dealkylation sites (tertiary alicyclic amines) is 3. The van der Waals surface area contributed by atoms with E-state index in [4.69, 9.17) is 14.6 Å². The second-order valence-electron chi connectivity index (χ2n) is 15.1. The molecule has 3 N–H and O–H groups in total. The molecule has 0 radical (unpaired) electrons. The molecular formula is C39H51N7O7. The molecule has 0 bridgehead atoms. The number of para-hydroxylation sites is 1. The van der Waals surface area contributed by atoms with Crippen LogP contribution in [0.5, 0.6) is 6.01 Å². The van der Waals surface area contributed by atoms with Crippen LogP contribution in [-0.4, -0.2) is 130 Å². The number of aryl methyl sites for hydroxylation is 1. The molecule has 7 rings (SSSR count). The van der Waals surface area contributed by atoms with E-state index >= 15 is 0 Å². The minimum atomic E-state index is -1.01. The molecule has 3 fully saturated rings. The van der Waals surface area contributed by atoms with Gasteiger partial charge in [0, 0.05) is 50.9 Å². The van der Waals surface area contributed by atoms with E-state index in [9.17, 15) is 19.2 Å². The van der Waals surface area contributed by atoms with Crippen molar-refractivity contribution < 1.29 is 33.8 Å². The van der Waals surface area contributed by atoms with Gasteiger partial charge in [0.05, 0.1) is 24.7 Å². The summed E-state index contributed by atoms with van der Waals surface area (Å²) in [6.07, 6.45) is 4.39. The molecule has 0 spiro atoms. The number of aliphatic carboxylic acids is 1. The number of benzene rings is 2. The number of ether oxygens (including phenoxy) is 2. The van der Waals surface area contributed by atoms with Crippen molar-refractivity contribution in [2.45, 2.75) is 70.4 Å². The summed E-state index contributed by atoms with van der Waals surface area (Å²) in [6, 6.07) is 12.1. The third-order valence-corrected chi connectivity index (χ3v) is 11.8. The van der Waals surface area contributed by atoms with Crippen LogP contribution in [-0.2, 0) is 27.2 Å². The number of piperidine rings is 3. The largest absolute Gasteiger partial charge is 0.480 e. The Balaban J connectivity index is 0.995. The number of imidazole rings is 1. The number of carbonyl (C=O) groups excluding carboxylic acids is 3. The van der Waals surface area contributed by atoms with Gasteiger partial charge in [-0.05, 0) is 106 Å². The van der Waals surface area contributed by atoms with Crippen molar-refractivity contribution in [1.29, 1.82) is 0 Å². The summed E-state index contributed by atoms with van der Waals surface area (Å²) in [4.78, 5) is 67.4. The second kappa shape index (κ2) is 16.0. The highest BCUT2D eigenvalue weighted by atomic mass is 16.6. The Morgan fingerprint density at radius 3 is 2.30 bits per heavy atom. The van der Waals surface area contributed by atoms with Gasteiger partial charge >= 0.3 is 18.1 Å². The Morgan fingerprint density at radius 2 is 1.60 bits per heavy atom. The summed E-state index contributed by atoms with van der Waals surface area (Å²) < 4.78 is 11.4.